The summed E-state index contributed by atoms with van der Waals surface area (Å²) >= 11 is 6.34. The fraction of sp³-hybridized carbons (Fsp3) is 0.136. The number of methoxy groups -OCH3 is 1. The maximum Gasteiger partial charge on any atom is 0.417 e. The number of hydrogen-bond acceptors (Lipinski definition) is 6. The largest absolute Gasteiger partial charge is 0.493 e. The van der Waals surface area contributed by atoms with Crippen molar-refractivity contribution in [2.45, 2.75) is 12.8 Å². The van der Waals surface area contributed by atoms with E-state index in [1.807, 2.05) is 0 Å². The molecule has 0 saturated carbocycles. The minimum atomic E-state index is -4.46. The lowest BCUT2D eigenvalue weighted by Crippen LogP contribution is -2.05. The summed E-state index contributed by atoms with van der Waals surface area (Å²) in [6.45, 7) is 0.119. The van der Waals surface area contributed by atoms with Gasteiger partial charge in [-0.3, -0.25) is 5.43 Å². The molecular weight excluding hydrogens is 445 g/mol. The van der Waals surface area contributed by atoms with Crippen molar-refractivity contribution in [3.8, 4) is 17.6 Å². The number of rotatable bonds is 7. The van der Waals surface area contributed by atoms with Crippen LogP contribution in [0.1, 0.15) is 22.3 Å². The van der Waals surface area contributed by atoms with Gasteiger partial charge < -0.3 is 9.47 Å². The first-order chi connectivity index (χ1) is 15.3. The van der Waals surface area contributed by atoms with E-state index in [0.717, 1.165) is 6.07 Å². The fourth-order valence-corrected chi connectivity index (χ4v) is 2.93. The molecule has 2 aromatic carbocycles. The van der Waals surface area contributed by atoms with Crippen LogP contribution in [-0.4, -0.2) is 18.3 Å². The van der Waals surface area contributed by atoms with Gasteiger partial charge in [0.1, 0.15) is 12.4 Å². The molecule has 0 bridgehead atoms. The number of nitrogens with zero attached hydrogens (tertiary/aromatic N) is 3. The lowest BCUT2D eigenvalue weighted by molar-refractivity contribution is -0.137. The van der Waals surface area contributed by atoms with E-state index in [4.69, 9.17) is 21.1 Å². The lowest BCUT2D eigenvalue weighted by Gasteiger charge is -2.14. The summed E-state index contributed by atoms with van der Waals surface area (Å²) in [5.41, 5.74) is 3.44. The first-order valence-electron chi connectivity index (χ1n) is 9.12. The molecule has 10 heteroatoms. The number of nitriles is 1. The van der Waals surface area contributed by atoms with Gasteiger partial charge in [0.25, 0.3) is 0 Å². The molecule has 0 saturated heterocycles. The summed E-state index contributed by atoms with van der Waals surface area (Å²) in [5, 5.41) is 13.4. The second kappa shape index (κ2) is 10.0. The van der Waals surface area contributed by atoms with Gasteiger partial charge in [0.2, 0.25) is 0 Å². The van der Waals surface area contributed by atoms with Crippen LogP contribution in [0.3, 0.4) is 0 Å². The van der Waals surface area contributed by atoms with Crippen LogP contribution in [0.4, 0.5) is 19.0 Å². The summed E-state index contributed by atoms with van der Waals surface area (Å²) in [7, 11) is 1.45. The molecule has 0 unspecified atom stereocenters. The van der Waals surface area contributed by atoms with Gasteiger partial charge in [-0.1, -0.05) is 29.8 Å². The average molecular weight is 461 g/mol. The zero-order valence-corrected chi connectivity index (χ0v) is 17.4. The van der Waals surface area contributed by atoms with E-state index < -0.39 is 11.7 Å². The highest BCUT2D eigenvalue weighted by Gasteiger charge is 2.30. The third kappa shape index (κ3) is 5.68. The normalized spacial score (nSPS) is 11.2. The summed E-state index contributed by atoms with van der Waals surface area (Å²) in [6, 6.07) is 14.4. The van der Waals surface area contributed by atoms with Gasteiger partial charge in [-0.15, -0.1) is 0 Å². The standard InChI is InChI=1S/C22H16ClF3N4O2/c1-31-19-9-14(11-29-30-20-7-6-17(12-28-20)22(24,25)26)8-18(23)21(19)32-13-16-5-3-2-4-15(16)10-27/h2-9,11-12H,13H2,1H3,(H,28,30)/b29-11-. The van der Waals surface area contributed by atoms with Crippen molar-refractivity contribution < 1.29 is 22.6 Å². The van der Waals surface area contributed by atoms with Gasteiger partial charge in [-0.25, -0.2) is 4.98 Å². The van der Waals surface area contributed by atoms with Crippen LogP contribution >= 0.6 is 11.6 Å². The molecule has 0 aliphatic carbocycles. The number of aromatic nitrogens is 1. The zero-order chi connectivity index (χ0) is 23.1. The van der Waals surface area contributed by atoms with Crippen LogP contribution in [0.5, 0.6) is 11.5 Å². The third-order valence-electron chi connectivity index (χ3n) is 4.25. The number of hydrogen-bond donors (Lipinski definition) is 1. The molecule has 0 radical (unpaired) electrons. The highest BCUT2D eigenvalue weighted by molar-refractivity contribution is 6.32. The first-order valence-corrected chi connectivity index (χ1v) is 9.50. The van der Waals surface area contributed by atoms with Crippen molar-refractivity contribution in [2.24, 2.45) is 5.10 Å². The second-order valence-electron chi connectivity index (χ2n) is 6.39. The second-order valence-corrected chi connectivity index (χ2v) is 6.80. The van der Waals surface area contributed by atoms with Crippen LogP contribution in [0.15, 0.2) is 59.8 Å². The van der Waals surface area contributed by atoms with Crippen LogP contribution in [0, 0.1) is 11.3 Å². The fourth-order valence-electron chi connectivity index (χ4n) is 2.66. The van der Waals surface area contributed by atoms with E-state index in [2.05, 4.69) is 21.6 Å². The molecule has 3 aromatic rings. The predicted molar refractivity (Wildman–Crippen MR) is 114 cm³/mol. The van der Waals surface area contributed by atoms with E-state index in [9.17, 15) is 18.4 Å². The smallest absolute Gasteiger partial charge is 0.417 e. The van der Waals surface area contributed by atoms with E-state index in [1.54, 1.807) is 36.4 Å². The number of nitrogens with one attached hydrogen (secondary N) is 1. The molecule has 164 valence electrons. The van der Waals surface area contributed by atoms with Crippen molar-refractivity contribution >= 4 is 23.6 Å². The number of halogens is 4. The molecule has 0 atom stereocenters. The first kappa shape index (κ1) is 22.9. The summed E-state index contributed by atoms with van der Waals surface area (Å²) in [6.07, 6.45) is -2.33. The molecule has 0 spiro atoms. The maximum absolute atomic E-state index is 12.6. The third-order valence-corrected chi connectivity index (χ3v) is 4.53. The van der Waals surface area contributed by atoms with E-state index in [0.29, 0.717) is 34.4 Å². The van der Waals surface area contributed by atoms with Crippen molar-refractivity contribution in [3.05, 3.63) is 82.0 Å². The number of anilines is 1. The van der Waals surface area contributed by atoms with Gasteiger partial charge in [0.15, 0.2) is 11.5 Å². The average Bonchev–Trinajstić information content (AvgIpc) is 2.78. The predicted octanol–water partition coefficient (Wildman–Crippen LogP) is 5.66. The van der Waals surface area contributed by atoms with Gasteiger partial charge in [-0.2, -0.15) is 23.5 Å². The molecule has 3 rings (SSSR count). The van der Waals surface area contributed by atoms with Crippen LogP contribution in [-0.2, 0) is 12.8 Å². The van der Waals surface area contributed by atoms with E-state index in [1.165, 1.54) is 19.4 Å². The van der Waals surface area contributed by atoms with Crippen LogP contribution in [0.2, 0.25) is 5.02 Å². The molecule has 0 aliphatic rings. The lowest BCUT2D eigenvalue weighted by atomic mass is 10.1. The van der Waals surface area contributed by atoms with Crippen molar-refractivity contribution in [2.75, 3.05) is 12.5 Å². The Bertz CT molecular complexity index is 1160. The Morgan fingerprint density at radius 3 is 2.66 bits per heavy atom. The van der Waals surface area contributed by atoms with Gasteiger partial charge >= 0.3 is 6.18 Å². The maximum atomic E-state index is 12.6. The number of ether oxygens (including phenoxy) is 2. The van der Waals surface area contributed by atoms with E-state index in [-0.39, 0.29) is 17.4 Å². The monoisotopic (exact) mass is 460 g/mol. The summed E-state index contributed by atoms with van der Waals surface area (Å²) < 4.78 is 48.9. The van der Waals surface area contributed by atoms with Crippen molar-refractivity contribution in [1.29, 1.82) is 5.26 Å². The molecule has 1 aromatic heterocycles. The van der Waals surface area contributed by atoms with Crippen molar-refractivity contribution in [3.63, 3.8) is 0 Å². The Morgan fingerprint density at radius 1 is 1.22 bits per heavy atom. The Kier molecular flexibility index (Phi) is 7.18. The van der Waals surface area contributed by atoms with Gasteiger partial charge in [0.05, 0.1) is 35.5 Å². The van der Waals surface area contributed by atoms with E-state index >= 15 is 0 Å². The van der Waals surface area contributed by atoms with Gasteiger partial charge in [0, 0.05) is 11.8 Å². The minimum absolute atomic E-state index is 0.119. The van der Waals surface area contributed by atoms with Crippen LogP contribution < -0.4 is 14.9 Å². The highest BCUT2D eigenvalue weighted by Crippen LogP contribution is 2.36. The molecule has 0 amide bonds. The number of benzene rings is 2. The molecular formula is C22H16ClF3N4O2. The Hall–Kier alpha value is -3.77. The number of pyridine rings is 1. The molecule has 6 nitrogen and oxygen atoms in total. The molecule has 1 heterocycles. The topological polar surface area (TPSA) is 79.5 Å². The van der Waals surface area contributed by atoms with Gasteiger partial charge in [-0.05, 0) is 35.9 Å². The highest BCUT2D eigenvalue weighted by atomic mass is 35.5. The molecule has 0 aliphatic heterocycles. The van der Waals surface area contributed by atoms with Crippen molar-refractivity contribution in [1.82, 2.24) is 4.98 Å². The summed E-state index contributed by atoms with van der Waals surface area (Å²) in [5.74, 6) is 0.792. The Labute approximate surface area is 186 Å². The Morgan fingerprint density at radius 2 is 2.00 bits per heavy atom. The SMILES string of the molecule is COc1cc(/C=N\Nc2ccc(C(F)(F)F)cn2)cc(Cl)c1OCc1ccccc1C#N. The molecule has 0 fully saturated rings. The Balaban J connectivity index is 1.71. The molecule has 32 heavy (non-hydrogen) atoms. The number of hydrazone groups is 1. The quantitative estimate of drug-likeness (QED) is 0.363. The number of alkyl halides is 3. The zero-order valence-electron chi connectivity index (χ0n) is 16.7. The van der Waals surface area contributed by atoms with Crippen LogP contribution in [0.25, 0.3) is 0 Å². The summed E-state index contributed by atoms with van der Waals surface area (Å²) in [4.78, 5) is 3.67. The molecule has 1 N–H and O–H groups in total. The minimum Gasteiger partial charge on any atom is -0.493 e.